The van der Waals surface area contributed by atoms with Gasteiger partial charge in [-0.1, -0.05) is 36.8 Å². The number of anilines is 2. The third-order valence-corrected chi connectivity index (χ3v) is 8.17. The number of carbonyl (C=O) groups excluding carboxylic acids is 3. The van der Waals surface area contributed by atoms with E-state index in [-0.39, 0.29) is 17.6 Å². The molecule has 7 N–H and O–H groups in total. The zero-order valence-electron chi connectivity index (χ0n) is 28.8. The van der Waals surface area contributed by atoms with Crippen LogP contribution in [0.2, 0.25) is 0 Å². The Labute approximate surface area is 295 Å². The maximum atomic E-state index is 14.5. The van der Waals surface area contributed by atoms with Gasteiger partial charge in [-0.15, -0.1) is 0 Å². The highest BCUT2D eigenvalue weighted by molar-refractivity contribution is 6.09. The van der Waals surface area contributed by atoms with Crippen LogP contribution in [0.5, 0.6) is 11.5 Å². The standard InChI is InChI=1S/C35H38F5N3O9/c1-14-10-18-29(43-34(48)23-24(36)26(38)28(40)27(39)25(23)37)20(44)13-19(31(18)46)42-33(47)15(2)8-7-9-21(50-5)32(52-35(41)49)17(4)12-16(3)30(45)22(11-14)51-6/h7-10,12-13,16,21-22,30,32,44-46H,11H2,1-6H3,(H2,41,49)(H,42,47)(H,43,48)/t16-,21-,22-,30+,32-/m0/s1. The van der Waals surface area contributed by atoms with Crippen LogP contribution in [0.15, 0.2) is 47.1 Å². The monoisotopic (exact) mass is 739 g/mol. The van der Waals surface area contributed by atoms with Crippen LogP contribution in [-0.2, 0) is 19.0 Å². The summed E-state index contributed by atoms with van der Waals surface area (Å²) in [5.41, 5.74) is 2.58. The first kappa shape index (κ1) is 41.2. The number of halogens is 5. The second-order valence-corrected chi connectivity index (χ2v) is 12.0. The molecule has 3 rings (SSSR count). The van der Waals surface area contributed by atoms with Gasteiger partial charge in [0, 0.05) is 37.3 Å². The number of carbonyl (C=O) groups is 3. The number of nitrogens with one attached hydrogen (secondary N) is 2. The first-order valence-electron chi connectivity index (χ1n) is 15.5. The van der Waals surface area contributed by atoms with E-state index in [2.05, 4.69) is 5.32 Å². The molecule has 1 aliphatic rings. The quantitative estimate of drug-likeness (QED) is 0.0556. The molecular formula is C35H38F5N3O9. The van der Waals surface area contributed by atoms with Crippen molar-refractivity contribution in [2.75, 3.05) is 24.9 Å². The number of ether oxygens (including phenoxy) is 3. The third-order valence-electron chi connectivity index (χ3n) is 8.17. The number of phenolic OH excluding ortho intramolecular Hbond substituents is 2. The minimum Gasteiger partial charge on any atom is -0.506 e. The Morgan fingerprint density at radius 2 is 1.58 bits per heavy atom. The maximum absolute atomic E-state index is 14.5. The molecule has 0 saturated carbocycles. The van der Waals surface area contributed by atoms with E-state index in [1.807, 2.05) is 5.32 Å². The minimum atomic E-state index is -2.50. The lowest BCUT2D eigenvalue weighted by atomic mass is 9.91. The summed E-state index contributed by atoms with van der Waals surface area (Å²) < 4.78 is 86.8. The van der Waals surface area contributed by atoms with Gasteiger partial charge in [0.1, 0.15) is 23.2 Å². The van der Waals surface area contributed by atoms with Crippen LogP contribution in [0, 0.1) is 35.0 Å². The molecule has 0 radical (unpaired) electrons. The molecule has 1 heterocycles. The zero-order chi connectivity index (χ0) is 39.2. The molecule has 0 unspecified atom stereocenters. The molecule has 2 bridgehead atoms. The van der Waals surface area contributed by atoms with Crippen LogP contribution < -0.4 is 16.4 Å². The van der Waals surface area contributed by atoms with Crippen molar-refractivity contribution in [2.45, 2.75) is 58.5 Å². The fourth-order valence-corrected chi connectivity index (χ4v) is 5.39. The molecule has 0 spiro atoms. The van der Waals surface area contributed by atoms with Crippen molar-refractivity contribution in [2.24, 2.45) is 11.7 Å². The van der Waals surface area contributed by atoms with Crippen LogP contribution in [0.25, 0.3) is 6.08 Å². The number of methoxy groups -OCH3 is 2. The predicted octanol–water partition coefficient (Wildman–Crippen LogP) is 5.73. The Morgan fingerprint density at radius 3 is 2.13 bits per heavy atom. The number of aliphatic hydroxyl groups excluding tert-OH is 1. The lowest BCUT2D eigenvalue weighted by molar-refractivity contribution is -0.112. The van der Waals surface area contributed by atoms with Crippen molar-refractivity contribution in [3.8, 4) is 11.5 Å². The Bertz CT molecular complexity index is 1830. The lowest BCUT2D eigenvalue weighted by Crippen LogP contribution is -2.36. The lowest BCUT2D eigenvalue weighted by Gasteiger charge is -2.28. The van der Waals surface area contributed by atoms with E-state index >= 15 is 0 Å². The highest BCUT2D eigenvalue weighted by atomic mass is 19.2. The summed E-state index contributed by atoms with van der Waals surface area (Å²) in [6.45, 7) is 6.14. The molecular weight excluding hydrogens is 701 g/mol. The molecule has 17 heteroatoms. The number of hydrogen-bond donors (Lipinski definition) is 6. The summed E-state index contributed by atoms with van der Waals surface area (Å²) in [7, 11) is 2.64. The maximum Gasteiger partial charge on any atom is 0.405 e. The summed E-state index contributed by atoms with van der Waals surface area (Å²) in [6, 6.07) is 0.768. The number of primary amides is 1. The van der Waals surface area contributed by atoms with E-state index in [0.717, 1.165) is 6.07 Å². The summed E-state index contributed by atoms with van der Waals surface area (Å²) in [5.74, 6) is -17.2. The Morgan fingerprint density at radius 1 is 0.981 bits per heavy atom. The van der Waals surface area contributed by atoms with Gasteiger partial charge < -0.3 is 45.9 Å². The van der Waals surface area contributed by atoms with Crippen molar-refractivity contribution in [3.63, 3.8) is 0 Å². The molecule has 2 aromatic rings. The predicted molar refractivity (Wildman–Crippen MR) is 179 cm³/mol. The van der Waals surface area contributed by atoms with Crippen molar-refractivity contribution in [1.29, 1.82) is 0 Å². The second-order valence-electron chi connectivity index (χ2n) is 12.0. The smallest absolute Gasteiger partial charge is 0.405 e. The average Bonchev–Trinajstić information content (AvgIpc) is 3.09. The fourth-order valence-electron chi connectivity index (χ4n) is 5.39. The molecule has 52 heavy (non-hydrogen) atoms. The van der Waals surface area contributed by atoms with Crippen LogP contribution in [0.3, 0.4) is 0 Å². The van der Waals surface area contributed by atoms with Gasteiger partial charge in [-0.2, -0.15) is 0 Å². The number of amides is 3. The van der Waals surface area contributed by atoms with E-state index in [1.165, 1.54) is 52.4 Å². The topological polar surface area (TPSA) is 190 Å². The number of nitrogens with two attached hydrogens (primary N) is 1. The molecule has 0 aromatic heterocycles. The van der Waals surface area contributed by atoms with Crippen LogP contribution in [0.4, 0.5) is 38.1 Å². The second kappa shape index (κ2) is 17.3. The molecule has 0 saturated heterocycles. The fraction of sp³-hybridized carbons (Fsp3) is 0.343. The summed E-state index contributed by atoms with van der Waals surface area (Å²) in [4.78, 5) is 37.9. The molecule has 282 valence electrons. The Hall–Kier alpha value is -5.26. The minimum absolute atomic E-state index is 0.0409. The van der Waals surface area contributed by atoms with Gasteiger partial charge in [0.15, 0.2) is 29.4 Å². The van der Waals surface area contributed by atoms with Crippen molar-refractivity contribution in [1.82, 2.24) is 0 Å². The number of allylic oxidation sites excluding steroid dienone is 2. The van der Waals surface area contributed by atoms with E-state index < -0.39 is 111 Å². The van der Waals surface area contributed by atoms with Gasteiger partial charge >= 0.3 is 6.09 Å². The van der Waals surface area contributed by atoms with Crippen LogP contribution in [0.1, 0.15) is 50.0 Å². The molecule has 3 amide bonds. The molecule has 0 fully saturated rings. The zero-order valence-corrected chi connectivity index (χ0v) is 28.8. The van der Waals surface area contributed by atoms with Gasteiger partial charge in [0.2, 0.25) is 5.82 Å². The summed E-state index contributed by atoms with van der Waals surface area (Å²) in [6.07, 6.45) is 1.62. The largest absolute Gasteiger partial charge is 0.506 e. The molecule has 0 aliphatic carbocycles. The van der Waals surface area contributed by atoms with E-state index in [4.69, 9.17) is 19.9 Å². The summed E-state index contributed by atoms with van der Waals surface area (Å²) >= 11 is 0. The highest BCUT2D eigenvalue weighted by Gasteiger charge is 2.32. The molecule has 2 aromatic carbocycles. The van der Waals surface area contributed by atoms with E-state index in [1.54, 1.807) is 19.9 Å². The summed E-state index contributed by atoms with van der Waals surface area (Å²) in [5, 5.41) is 37.8. The van der Waals surface area contributed by atoms with Crippen molar-refractivity contribution < 1.29 is 65.9 Å². The number of aliphatic hydroxyl groups is 1. The SMILES string of the molecule is CO[C@H]1C=CC=C(C)C(=O)Nc2cc(O)c(NC(=O)c3c(F)c(F)c(F)c(F)c3F)c(c2O)C=C(C)C[C@H](OC)[C@H](O)[C@@H](C)C=C(C)[C@@H]1OC(N)=O. The molecule has 5 atom stereocenters. The number of hydrogen-bond acceptors (Lipinski definition) is 9. The van der Waals surface area contributed by atoms with E-state index in [9.17, 15) is 51.7 Å². The number of rotatable bonds is 5. The number of fused-ring (bicyclic) bond motifs is 2. The molecule has 12 nitrogen and oxygen atoms in total. The van der Waals surface area contributed by atoms with Gasteiger partial charge in [-0.05, 0) is 38.8 Å². The molecule has 1 aliphatic heterocycles. The van der Waals surface area contributed by atoms with Gasteiger partial charge in [0.05, 0.1) is 23.6 Å². The third kappa shape index (κ3) is 9.15. The van der Waals surface area contributed by atoms with Gasteiger partial charge in [-0.25, -0.2) is 26.7 Å². The number of aromatic hydroxyl groups is 2. The van der Waals surface area contributed by atoms with Crippen LogP contribution >= 0.6 is 0 Å². The Kier molecular flexibility index (Phi) is 13.7. The normalized spacial score (nSPS) is 21.8. The first-order chi connectivity index (χ1) is 24.3. The average molecular weight is 740 g/mol. The number of benzene rings is 2. The Balaban J connectivity index is 2.24. The first-order valence-corrected chi connectivity index (χ1v) is 15.5. The van der Waals surface area contributed by atoms with Crippen molar-refractivity contribution in [3.05, 3.63) is 87.3 Å². The highest BCUT2D eigenvalue weighted by Crippen LogP contribution is 2.43. The van der Waals surface area contributed by atoms with Crippen LogP contribution in [-0.4, -0.2) is 71.9 Å². The van der Waals surface area contributed by atoms with Crippen molar-refractivity contribution >= 4 is 35.4 Å². The number of phenols is 2. The van der Waals surface area contributed by atoms with Gasteiger partial charge in [0.25, 0.3) is 11.8 Å². The van der Waals surface area contributed by atoms with Gasteiger partial charge in [-0.3, -0.25) is 9.59 Å². The van der Waals surface area contributed by atoms with E-state index in [0.29, 0.717) is 5.57 Å².